The summed E-state index contributed by atoms with van der Waals surface area (Å²) in [5.41, 5.74) is 3.39. The Bertz CT molecular complexity index is 513. The molecule has 1 N–H and O–H groups in total. The van der Waals surface area contributed by atoms with Gasteiger partial charge in [-0.15, -0.1) is 0 Å². The van der Waals surface area contributed by atoms with Gasteiger partial charge >= 0.3 is 4.87 Å². The van der Waals surface area contributed by atoms with Crippen molar-refractivity contribution in [2.45, 2.75) is 13.8 Å². The molecule has 0 amide bonds. The van der Waals surface area contributed by atoms with E-state index in [-0.39, 0.29) is 4.87 Å². The van der Waals surface area contributed by atoms with Crippen molar-refractivity contribution in [3.63, 3.8) is 0 Å². The van der Waals surface area contributed by atoms with Gasteiger partial charge in [-0.05, 0) is 19.4 Å². The van der Waals surface area contributed by atoms with Crippen LogP contribution in [0.15, 0.2) is 23.0 Å². The molecule has 1 aromatic heterocycles. The van der Waals surface area contributed by atoms with Crippen LogP contribution in [0.4, 0.5) is 0 Å². The van der Waals surface area contributed by atoms with E-state index < -0.39 is 0 Å². The molecule has 3 nitrogen and oxygen atoms in total. The quantitative estimate of drug-likeness (QED) is 0.776. The molecule has 0 spiro atoms. The molecule has 0 unspecified atom stereocenters. The summed E-state index contributed by atoms with van der Waals surface area (Å²) in [7, 11) is 0. The first-order valence-electron chi connectivity index (χ1n) is 4.30. The van der Waals surface area contributed by atoms with Gasteiger partial charge in [-0.1, -0.05) is 35.1 Å². The Kier molecular flexibility index (Phi) is 2.21. The second-order valence-corrected chi connectivity index (χ2v) is 4.20. The standard InChI is InChI=1S/C10H10N2OS/c1-6-3-4-8(7(2)5-6)9-11-12-10(13)14-9/h3-5H,1-2H3,(H,12,13). The van der Waals surface area contributed by atoms with Crippen LogP contribution in [0.25, 0.3) is 10.6 Å². The van der Waals surface area contributed by atoms with Crippen molar-refractivity contribution in [3.05, 3.63) is 39.0 Å². The number of benzene rings is 1. The number of rotatable bonds is 1. The lowest BCUT2D eigenvalue weighted by Crippen LogP contribution is -1.90. The third kappa shape index (κ3) is 1.61. The highest BCUT2D eigenvalue weighted by Gasteiger charge is 2.05. The number of aromatic amines is 1. The van der Waals surface area contributed by atoms with Gasteiger partial charge in [-0.3, -0.25) is 4.79 Å². The molecule has 0 atom stereocenters. The van der Waals surface area contributed by atoms with Crippen LogP contribution in [0, 0.1) is 13.8 Å². The Balaban J connectivity index is 2.57. The van der Waals surface area contributed by atoms with Crippen LogP contribution in [0.5, 0.6) is 0 Å². The van der Waals surface area contributed by atoms with E-state index in [1.54, 1.807) is 0 Å². The SMILES string of the molecule is Cc1ccc(-c2n[nH]c(=O)s2)c(C)c1. The number of hydrogen-bond donors (Lipinski definition) is 1. The van der Waals surface area contributed by atoms with Gasteiger partial charge in [-0.25, -0.2) is 5.10 Å². The van der Waals surface area contributed by atoms with Gasteiger partial charge in [-0.2, -0.15) is 5.10 Å². The Morgan fingerprint density at radius 3 is 2.71 bits per heavy atom. The molecule has 4 heteroatoms. The summed E-state index contributed by atoms with van der Waals surface area (Å²) in [5, 5.41) is 7.14. The summed E-state index contributed by atoms with van der Waals surface area (Å²) in [6, 6.07) is 6.10. The fourth-order valence-electron chi connectivity index (χ4n) is 1.40. The molecule has 1 aromatic carbocycles. The second kappa shape index (κ2) is 3.38. The maximum Gasteiger partial charge on any atom is 0.322 e. The topological polar surface area (TPSA) is 45.8 Å². The molecule has 0 saturated carbocycles. The maximum absolute atomic E-state index is 10.9. The number of H-pyrrole nitrogens is 1. The van der Waals surface area contributed by atoms with Gasteiger partial charge in [0, 0.05) is 5.56 Å². The summed E-state index contributed by atoms with van der Waals surface area (Å²) in [6.45, 7) is 4.07. The lowest BCUT2D eigenvalue weighted by Gasteiger charge is -2.01. The molecule has 2 aromatic rings. The molecule has 0 saturated heterocycles. The first kappa shape index (κ1) is 9.15. The Hall–Kier alpha value is -1.42. The van der Waals surface area contributed by atoms with Gasteiger partial charge < -0.3 is 0 Å². The van der Waals surface area contributed by atoms with Crippen LogP contribution in [-0.2, 0) is 0 Å². The lowest BCUT2D eigenvalue weighted by molar-refractivity contribution is 1.06. The minimum atomic E-state index is -0.111. The van der Waals surface area contributed by atoms with Crippen molar-refractivity contribution in [1.29, 1.82) is 0 Å². The molecule has 1 heterocycles. The van der Waals surface area contributed by atoms with E-state index in [0.717, 1.165) is 27.5 Å². The second-order valence-electron chi connectivity index (χ2n) is 3.24. The average molecular weight is 206 g/mol. The molecule has 14 heavy (non-hydrogen) atoms. The van der Waals surface area contributed by atoms with Crippen LogP contribution < -0.4 is 4.87 Å². The van der Waals surface area contributed by atoms with Crippen molar-refractivity contribution in [2.75, 3.05) is 0 Å². The number of nitrogens with one attached hydrogen (secondary N) is 1. The van der Waals surface area contributed by atoms with E-state index in [4.69, 9.17) is 0 Å². The molecule has 0 aliphatic heterocycles. The van der Waals surface area contributed by atoms with Crippen LogP contribution in [-0.4, -0.2) is 10.2 Å². The zero-order chi connectivity index (χ0) is 10.1. The van der Waals surface area contributed by atoms with Gasteiger partial charge in [0.1, 0.15) is 5.01 Å². The van der Waals surface area contributed by atoms with Crippen molar-refractivity contribution < 1.29 is 0 Å². The van der Waals surface area contributed by atoms with E-state index in [1.165, 1.54) is 5.56 Å². The van der Waals surface area contributed by atoms with Crippen LogP contribution >= 0.6 is 11.3 Å². The van der Waals surface area contributed by atoms with E-state index in [9.17, 15) is 4.79 Å². The Morgan fingerprint density at radius 1 is 1.36 bits per heavy atom. The van der Waals surface area contributed by atoms with E-state index >= 15 is 0 Å². The maximum atomic E-state index is 10.9. The normalized spacial score (nSPS) is 10.4. The van der Waals surface area contributed by atoms with Gasteiger partial charge in [0.15, 0.2) is 0 Å². The molecule has 0 aliphatic rings. The lowest BCUT2D eigenvalue weighted by atomic mass is 10.1. The minimum Gasteiger partial charge on any atom is -0.255 e. The third-order valence-electron chi connectivity index (χ3n) is 2.05. The summed E-state index contributed by atoms with van der Waals surface area (Å²) in [4.78, 5) is 10.8. The first-order valence-corrected chi connectivity index (χ1v) is 5.11. The highest BCUT2D eigenvalue weighted by Crippen LogP contribution is 2.23. The summed E-state index contributed by atoms with van der Waals surface area (Å²) in [5.74, 6) is 0. The minimum absolute atomic E-state index is 0.111. The third-order valence-corrected chi connectivity index (χ3v) is 2.83. The summed E-state index contributed by atoms with van der Waals surface area (Å²) < 4.78 is 0. The van der Waals surface area contributed by atoms with Crippen LogP contribution in [0.3, 0.4) is 0 Å². The summed E-state index contributed by atoms with van der Waals surface area (Å²) in [6.07, 6.45) is 0. The number of aromatic nitrogens is 2. The molecule has 72 valence electrons. The van der Waals surface area contributed by atoms with Gasteiger partial charge in [0.25, 0.3) is 0 Å². The van der Waals surface area contributed by atoms with Crippen LogP contribution in [0.2, 0.25) is 0 Å². The van der Waals surface area contributed by atoms with Crippen molar-refractivity contribution in [1.82, 2.24) is 10.2 Å². The smallest absolute Gasteiger partial charge is 0.255 e. The first-order chi connectivity index (χ1) is 6.66. The number of aryl methyl sites for hydroxylation is 2. The zero-order valence-corrected chi connectivity index (χ0v) is 8.81. The fourth-order valence-corrected chi connectivity index (χ4v) is 2.10. The summed E-state index contributed by atoms with van der Waals surface area (Å²) >= 11 is 1.14. The zero-order valence-electron chi connectivity index (χ0n) is 8.00. The largest absolute Gasteiger partial charge is 0.322 e. The molecule has 0 bridgehead atoms. The molecule has 0 aliphatic carbocycles. The van der Waals surface area contributed by atoms with E-state index in [1.807, 2.05) is 26.0 Å². The molecular formula is C10H10N2OS. The monoisotopic (exact) mass is 206 g/mol. The average Bonchev–Trinajstić information content (AvgIpc) is 2.51. The highest BCUT2D eigenvalue weighted by atomic mass is 32.1. The predicted octanol–water partition coefficient (Wildman–Crippen LogP) is 2.12. The number of nitrogens with zero attached hydrogens (tertiary/aromatic N) is 1. The molecule has 0 radical (unpaired) electrons. The highest BCUT2D eigenvalue weighted by molar-refractivity contribution is 7.12. The predicted molar refractivity (Wildman–Crippen MR) is 57.6 cm³/mol. The van der Waals surface area contributed by atoms with Crippen LogP contribution in [0.1, 0.15) is 11.1 Å². The van der Waals surface area contributed by atoms with Gasteiger partial charge in [0.2, 0.25) is 0 Å². The Labute approximate surface area is 85.4 Å². The van der Waals surface area contributed by atoms with E-state index in [0.29, 0.717) is 0 Å². The fraction of sp³-hybridized carbons (Fsp3) is 0.200. The molecule has 0 fully saturated rings. The number of hydrogen-bond acceptors (Lipinski definition) is 3. The Morgan fingerprint density at radius 2 is 2.14 bits per heavy atom. The van der Waals surface area contributed by atoms with Crippen molar-refractivity contribution in [3.8, 4) is 10.6 Å². The molecule has 2 rings (SSSR count). The molecular weight excluding hydrogens is 196 g/mol. The van der Waals surface area contributed by atoms with Gasteiger partial charge in [0.05, 0.1) is 0 Å². The van der Waals surface area contributed by atoms with Crippen molar-refractivity contribution in [2.24, 2.45) is 0 Å². The van der Waals surface area contributed by atoms with E-state index in [2.05, 4.69) is 16.3 Å². The van der Waals surface area contributed by atoms with Crippen molar-refractivity contribution >= 4 is 11.3 Å².